The van der Waals surface area contributed by atoms with E-state index in [9.17, 15) is 18.0 Å². The van der Waals surface area contributed by atoms with E-state index >= 15 is 0 Å². The van der Waals surface area contributed by atoms with Crippen molar-refractivity contribution >= 4 is 23.6 Å². The van der Waals surface area contributed by atoms with Gasteiger partial charge in [0.05, 0.1) is 0 Å². The van der Waals surface area contributed by atoms with Crippen LogP contribution in [0.1, 0.15) is 17.0 Å². The predicted molar refractivity (Wildman–Crippen MR) is 96.0 cm³/mol. The van der Waals surface area contributed by atoms with Crippen molar-refractivity contribution in [2.45, 2.75) is 13.1 Å². The highest BCUT2D eigenvalue weighted by Gasteiger charge is 2.35. The van der Waals surface area contributed by atoms with E-state index in [0.717, 1.165) is 16.8 Å². The second kappa shape index (κ2) is 7.43. The number of halogens is 4. The fraction of sp³-hybridized carbons (Fsp3) is 0.111. The van der Waals surface area contributed by atoms with Crippen molar-refractivity contribution in [2.24, 2.45) is 0 Å². The molecule has 3 rings (SSSR count). The van der Waals surface area contributed by atoms with Gasteiger partial charge >= 0.3 is 12.1 Å². The van der Waals surface area contributed by atoms with Gasteiger partial charge in [0.2, 0.25) is 5.28 Å². The molecule has 0 aliphatic carbocycles. The zero-order chi connectivity index (χ0) is 20.5. The molecule has 2 aromatic heterocycles. The van der Waals surface area contributed by atoms with Crippen molar-refractivity contribution in [3.63, 3.8) is 0 Å². The molecule has 0 saturated carbocycles. The molecule has 28 heavy (non-hydrogen) atoms. The predicted octanol–water partition coefficient (Wildman–Crippen LogP) is 4.41. The Kier molecular flexibility index (Phi) is 5.19. The van der Waals surface area contributed by atoms with E-state index in [2.05, 4.69) is 15.1 Å². The lowest BCUT2D eigenvalue weighted by atomic mass is 10.0. The van der Waals surface area contributed by atoms with Crippen molar-refractivity contribution in [1.82, 2.24) is 19.7 Å². The number of aromatic nitrogens is 4. The van der Waals surface area contributed by atoms with Crippen molar-refractivity contribution in [1.29, 1.82) is 0 Å². The third-order valence-corrected chi connectivity index (χ3v) is 3.92. The highest BCUT2D eigenvalue weighted by molar-refractivity contribution is 6.28. The van der Waals surface area contributed by atoms with Crippen LogP contribution in [0.15, 0.2) is 42.6 Å². The lowest BCUT2D eigenvalue weighted by Crippen LogP contribution is -2.09. The summed E-state index contributed by atoms with van der Waals surface area (Å²) in [7, 11) is 0. The number of hydrogen-bond donors (Lipinski definition) is 1. The minimum Gasteiger partial charge on any atom is -0.478 e. The largest absolute Gasteiger partial charge is 0.478 e. The molecular formula is C18H12ClF3N4O2. The lowest BCUT2D eigenvalue weighted by molar-refractivity contribution is -0.141. The van der Waals surface area contributed by atoms with E-state index in [-0.39, 0.29) is 16.8 Å². The van der Waals surface area contributed by atoms with Crippen molar-refractivity contribution < 1.29 is 23.1 Å². The molecule has 0 spiro atoms. The highest BCUT2D eigenvalue weighted by Crippen LogP contribution is 2.32. The minimum atomic E-state index is -4.60. The fourth-order valence-electron chi connectivity index (χ4n) is 2.52. The number of rotatable bonds is 4. The second-order valence-corrected chi connectivity index (χ2v) is 6.09. The molecule has 0 radical (unpaired) electrons. The van der Waals surface area contributed by atoms with Crippen molar-refractivity contribution in [3.05, 3.63) is 64.8 Å². The number of hydrogen-bond acceptors (Lipinski definition) is 4. The molecule has 0 aliphatic rings. The van der Waals surface area contributed by atoms with Crippen LogP contribution in [0.3, 0.4) is 0 Å². The molecule has 2 heterocycles. The summed E-state index contributed by atoms with van der Waals surface area (Å²) in [6, 6.07) is 7.61. The Morgan fingerprint density at radius 2 is 2.04 bits per heavy atom. The summed E-state index contributed by atoms with van der Waals surface area (Å²) in [5, 5.41) is 12.2. The zero-order valence-electron chi connectivity index (χ0n) is 14.3. The number of benzene rings is 1. The topological polar surface area (TPSA) is 80.9 Å². The van der Waals surface area contributed by atoms with Gasteiger partial charge in [-0.1, -0.05) is 18.2 Å². The van der Waals surface area contributed by atoms with Gasteiger partial charge in [0, 0.05) is 23.5 Å². The third kappa shape index (κ3) is 4.20. The summed E-state index contributed by atoms with van der Waals surface area (Å²) in [5.41, 5.74) is 0.681. The Bertz CT molecular complexity index is 1080. The van der Waals surface area contributed by atoms with Crippen LogP contribution in [0.5, 0.6) is 0 Å². The van der Waals surface area contributed by atoms with Gasteiger partial charge in [-0.3, -0.25) is 0 Å². The number of aliphatic carboxylic acids is 1. The molecule has 3 aromatic rings. The van der Waals surface area contributed by atoms with Gasteiger partial charge in [0.25, 0.3) is 0 Å². The maximum absolute atomic E-state index is 13.0. The maximum atomic E-state index is 13.0. The molecule has 0 amide bonds. The average molecular weight is 409 g/mol. The molecule has 0 saturated heterocycles. The monoisotopic (exact) mass is 408 g/mol. The maximum Gasteiger partial charge on any atom is 0.435 e. The van der Waals surface area contributed by atoms with Crippen LogP contribution in [0.4, 0.5) is 13.2 Å². The van der Waals surface area contributed by atoms with Gasteiger partial charge in [-0.2, -0.15) is 23.3 Å². The average Bonchev–Trinajstić information content (AvgIpc) is 3.02. The number of carboxylic acids is 1. The van der Waals surface area contributed by atoms with E-state index in [4.69, 9.17) is 16.7 Å². The molecule has 144 valence electrons. The van der Waals surface area contributed by atoms with Crippen LogP contribution in [0, 0.1) is 6.92 Å². The van der Waals surface area contributed by atoms with Crippen LogP contribution in [0.25, 0.3) is 23.0 Å². The van der Waals surface area contributed by atoms with Gasteiger partial charge in [0.1, 0.15) is 0 Å². The highest BCUT2D eigenvalue weighted by atomic mass is 35.5. The SMILES string of the molecule is Cc1cc(C(F)(F)F)nn1-c1nc(Cl)ncc1-c1cccc(/C=C/C(=O)O)c1. The van der Waals surface area contributed by atoms with E-state index in [1.807, 2.05) is 0 Å². The second-order valence-electron chi connectivity index (χ2n) is 5.75. The molecule has 1 aromatic carbocycles. The molecule has 10 heteroatoms. The van der Waals surface area contributed by atoms with Gasteiger partial charge in [-0.15, -0.1) is 0 Å². The third-order valence-electron chi connectivity index (χ3n) is 3.73. The Morgan fingerprint density at radius 1 is 1.29 bits per heavy atom. The number of nitrogens with zero attached hydrogens (tertiary/aromatic N) is 4. The lowest BCUT2D eigenvalue weighted by Gasteiger charge is -2.11. The van der Waals surface area contributed by atoms with Crippen LogP contribution in [-0.4, -0.2) is 30.8 Å². The smallest absolute Gasteiger partial charge is 0.435 e. The zero-order valence-corrected chi connectivity index (χ0v) is 15.0. The first-order valence-electron chi connectivity index (χ1n) is 7.83. The Labute approximate surface area is 161 Å². The first-order chi connectivity index (χ1) is 13.1. The number of carbonyl (C=O) groups is 1. The molecule has 0 unspecified atom stereocenters. The van der Waals surface area contributed by atoms with Gasteiger partial charge < -0.3 is 5.11 Å². The number of carboxylic acid groups (broad SMARTS) is 1. The summed E-state index contributed by atoms with van der Waals surface area (Å²) in [6.07, 6.45) is -0.859. The van der Waals surface area contributed by atoms with Crippen LogP contribution >= 0.6 is 11.6 Å². The van der Waals surface area contributed by atoms with Gasteiger partial charge in [0.15, 0.2) is 11.5 Å². The Hall–Kier alpha value is -3.20. The van der Waals surface area contributed by atoms with Crippen molar-refractivity contribution in [3.8, 4) is 16.9 Å². The normalized spacial score (nSPS) is 11.9. The molecular weight excluding hydrogens is 397 g/mol. The first-order valence-corrected chi connectivity index (χ1v) is 8.21. The Morgan fingerprint density at radius 3 is 2.68 bits per heavy atom. The fourth-order valence-corrected chi connectivity index (χ4v) is 2.65. The van der Waals surface area contributed by atoms with Crippen LogP contribution in [-0.2, 0) is 11.0 Å². The van der Waals surface area contributed by atoms with Gasteiger partial charge in [-0.05, 0) is 47.9 Å². The quantitative estimate of drug-likeness (QED) is 0.511. The molecule has 0 fully saturated rings. The summed E-state index contributed by atoms with van der Waals surface area (Å²) in [6.45, 7) is 1.47. The molecule has 0 bridgehead atoms. The van der Waals surface area contributed by atoms with E-state index in [1.165, 1.54) is 19.2 Å². The summed E-state index contributed by atoms with van der Waals surface area (Å²) < 4.78 is 40.1. The van der Waals surface area contributed by atoms with Crippen LogP contribution < -0.4 is 0 Å². The molecule has 1 N–H and O–H groups in total. The number of alkyl halides is 3. The molecule has 6 nitrogen and oxygen atoms in total. The number of aryl methyl sites for hydroxylation is 1. The van der Waals surface area contributed by atoms with Gasteiger partial charge in [-0.25, -0.2) is 14.5 Å². The van der Waals surface area contributed by atoms with E-state index in [1.54, 1.807) is 24.3 Å². The first kappa shape index (κ1) is 19.6. The van der Waals surface area contributed by atoms with Crippen molar-refractivity contribution in [2.75, 3.05) is 0 Å². The summed E-state index contributed by atoms with van der Waals surface area (Å²) in [4.78, 5) is 18.7. The Balaban J connectivity index is 2.14. The summed E-state index contributed by atoms with van der Waals surface area (Å²) >= 11 is 5.86. The minimum absolute atomic E-state index is 0.0763. The standard InChI is InChI=1S/C18H12ClF3N4O2/c1-10-7-14(18(20,21)22)25-26(10)16-13(9-23-17(19)24-16)12-4-2-3-11(8-12)5-6-15(27)28/h2-9H,1H3,(H,27,28)/b6-5+. The van der Waals surface area contributed by atoms with Crippen LogP contribution in [0.2, 0.25) is 5.28 Å². The van der Waals surface area contributed by atoms with E-state index < -0.39 is 17.8 Å². The summed E-state index contributed by atoms with van der Waals surface area (Å²) in [5.74, 6) is -1.03. The van der Waals surface area contributed by atoms with E-state index in [0.29, 0.717) is 16.7 Å². The molecule has 0 atom stereocenters. The molecule has 0 aliphatic heterocycles.